The molecule has 0 aliphatic heterocycles. The molecule has 140 valence electrons. The van der Waals surface area contributed by atoms with E-state index in [0.29, 0.717) is 31.3 Å². The number of thioether (sulfide) groups is 1. The first kappa shape index (κ1) is 19.3. The average molecular weight is 382 g/mol. The second-order valence-corrected chi connectivity index (χ2v) is 7.03. The first-order valence-electron chi connectivity index (χ1n) is 8.94. The lowest BCUT2D eigenvalue weighted by Crippen LogP contribution is -2.25. The molecule has 0 unspecified atom stereocenters. The first-order chi connectivity index (χ1) is 13.2. The summed E-state index contributed by atoms with van der Waals surface area (Å²) in [5, 5.41) is 4.80. The van der Waals surface area contributed by atoms with Crippen molar-refractivity contribution in [2.24, 2.45) is 0 Å². The second-order valence-electron chi connectivity index (χ2n) is 6.06. The highest BCUT2D eigenvalue weighted by Gasteiger charge is 2.10. The standard InChI is InChI=1S/C21H23N3O2S/c1-3-26-13-17-9-5-4-8-16(17)12-22-20(25)14-27-21-18-10-6-7-11-19(18)23-15(2)24-21/h4-11H,3,12-14H2,1-2H3,(H,22,25). The molecule has 1 amide bonds. The van der Waals surface area contributed by atoms with Crippen molar-refractivity contribution in [3.63, 3.8) is 0 Å². The molecule has 1 aromatic heterocycles. The molecular weight excluding hydrogens is 358 g/mol. The van der Waals surface area contributed by atoms with E-state index in [1.807, 2.05) is 62.4 Å². The Kier molecular flexibility index (Phi) is 6.79. The van der Waals surface area contributed by atoms with Crippen LogP contribution in [-0.2, 0) is 22.7 Å². The topological polar surface area (TPSA) is 64.1 Å². The van der Waals surface area contributed by atoms with Crippen LogP contribution in [0.1, 0.15) is 23.9 Å². The number of hydrogen-bond donors (Lipinski definition) is 1. The molecule has 3 aromatic rings. The molecule has 0 saturated carbocycles. The minimum Gasteiger partial charge on any atom is -0.377 e. The normalized spacial score (nSPS) is 10.9. The Bertz CT molecular complexity index is 930. The van der Waals surface area contributed by atoms with E-state index in [1.165, 1.54) is 11.8 Å². The molecular formula is C21H23N3O2S. The maximum absolute atomic E-state index is 12.3. The number of benzene rings is 2. The van der Waals surface area contributed by atoms with Crippen LogP contribution in [0.3, 0.4) is 0 Å². The van der Waals surface area contributed by atoms with E-state index in [2.05, 4.69) is 15.3 Å². The molecule has 0 fully saturated rings. The van der Waals surface area contributed by atoms with Crippen LogP contribution >= 0.6 is 11.8 Å². The van der Waals surface area contributed by atoms with Crippen molar-refractivity contribution < 1.29 is 9.53 Å². The van der Waals surface area contributed by atoms with Gasteiger partial charge in [0.1, 0.15) is 10.9 Å². The Morgan fingerprint density at radius 3 is 2.63 bits per heavy atom. The lowest BCUT2D eigenvalue weighted by Gasteiger charge is -2.11. The van der Waals surface area contributed by atoms with Gasteiger partial charge in [0.05, 0.1) is 17.9 Å². The Hall–Kier alpha value is -2.44. The summed E-state index contributed by atoms with van der Waals surface area (Å²) in [7, 11) is 0. The summed E-state index contributed by atoms with van der Waals surface area (Å²) in [6.45, 7) is 5.56. The Morgan fingerprint density at radius 1 is 1.07 bits per heavy atom. The predicted octanol–water partition coefficient (Wildman–Crippen LogP) is 3.88. The average Bonchev–Trinajstić information content (AvgIpc) is 2.69. The second kappa shape index (κ2) is 9.48. The molecule has 2 aromatic carbocycles. The zero-order valence-electron chi connectivity index (χ0n) is 15.6. The number of rotatable bonds is 8. The van der Waals surface area contributed by atoms with Gasteiger partial charge in [0.2, 0.25) is 5.91 Å². The summed E-state index contributed by atoms with van der Waals surface area (Å²) in [4.78, 5) is 21.3. The highest BCUT2D eigenvalue weighted by atomic mass is 32.2. The molecule has 0 atom stereocenters. The maximum Gasteiger partial charge on any atom is 0.230 e. The summed E-state index contributed by atoms with van der Waals surface area (Å²) in [5.74, 6) is 1.00. The van der Waals surface area contributed by atoms with Gasteiger partial charge in [0.15, 0.2) is 0 Å². The first-order valence-corrected chi connectivity index (χ1v) is 9.93. The Balaban J connectivity index is 1.60. The largest absolute Gasteiger partial charge is 0.377 e. The number of para-hydroxylation sites is 1. The highest BCUT2D eigenvalue weighted by molar-refractivity contribution is 8.00. The van der Waals surface area contributed by atoms with E-state index in [4.69, 9.17) is 4.74 Å². The van der Waals surface area contributed by atoms with Crippen LogP contribution in [-0.4, -0.2) is 28.2 Å². The number of aryl methyl sites for hydroxylation is 1. The van der Waals surface area contributed by atoms with Crippen molar-refractivity contribution >= 4 is 28.6 Å². The molecule has 1 N–H and O–H groups in total. The van der Waals surface area contributed by atoms with Gasteiger partial charge in [-0.3, -0.25) is 4.79 Å². The van der Waals surface area contributed by atoms with Crippen molar-refractivity contribution in [3.8, 4) is 0 Å². The van der Waals surface area contributed by atoms with E-state index in [9.17, 15) is 4.79 Å². The number of carbonyl (C=O) groups excluding carboxylic acids is 1. The molecule has 0 spiro atoms. The summed E-state index contributed by atoms with van der Waals surface area (Å²) in [6.07, 6.45) is 0. The lowest BCUT2D eigenvalue weighted by molar-refractivity contribution is -0.118. The molecule has 0 radical (unpaired) electrons. The zero-order valence-corrected chi connectivity index (χ0v) is 16.4. The van der Waals surface area contributed by atoms with E-state index < -0.39 is 0 Å². The third kappa shape index (κ3) is 5.28. The van der Waals surface area contributed by atoms with Crippen molar-refractivity contribution in [2.75, 3.05) is 12.4 Å². The molecule has 27 heavy (non-hydrogen) atoms. The number of aromatic nitrogens is 2. The van der Waals surface area contributed by atoms with Crippen LogP contribution < -0.4 is 5.32 Å². The third-order valence-corrected chi connectivity index (χ3v) is 5.07. The van der Waals surface area contributed by atoms with Crippen LogP contribution in [0.2, 0.25) is 0 Å². The monoisotopic (exact) mass is 381 g/mol. The third-order valence-electron chi connectivity index (χ3n) is 4.08. The summed E-state index contributed by atoms with van der Waals surface area (Å²) >= 11 is 1.44. The highest BCUT2D eigenvalue weighted by Crippen LogP contribution is 2.25. The molecule has 1 heterocycles. The molecule has 0 bridgehead atoms. The Morgan fingerprint density at radius 2 is 1.81 bits per heavy atom. The number of hydrogen-bond acceptors (Lipinski definition) is 5. The zero-order chi connectivity index (χ0) is 19.1. The molecule has 5 nitrogen and oxygen atoms in total. The quantitative estimate of drug-likeness (QED) is 0.474. The fraction of sp³-hybridized carbons (Fsp3) is 0.286. The van der Waals surface area contributed by atoms with Gasteiger partial charge < -0.3 is 10.1 Å². The summed E-state index contributed by atoms with van der Waals surface area (Å²) < 4.78 is 5.49. The molecule has 6 heteroatoms. The van der Waals surface area contributed by atoms with Gasteiger partial charge in [-0.25, -0.2) is 9.97 Å². The van der Waals surface area contributed by atoms with Crippen molar-refractivity contribution in [1.82, 2.24) is 15.3 Å². The fourth-order valence-electron chi connectivity index (χ4n) is 2.73. The van der Waals surface area contributed by atoms with Crippen LogP contribution in [0, 0.1) is 6.92 Å². The van der Waals surface area contributed by atoms with Gasteiger partial charge in [-0.05, 0) is 31.0 Å². The smallest absolute Gasteiger partial charge is 0.230 e. The van der Waals surface area contributed by atoms with Crippen LogP contribution in [0.4, 0.5) is 0 Å². The van der Waals surface area contributed by atoms with Crippen molar-refractivity contribution in [2.45, 2.75) is 32.0 Å². The molecule has 0 aliphatic rings. The predicted molar refractivity (Wildman–Crippen MR) is 109 cm³/mol. The summed E-state index contributed by atoms with van der Waals surface area (Å²) in [5.41, 5.74) is 3.08. The van der Waals surface area contributed by atoms with Gasteiger partial charge >= 0.3 is 0 Å². The number of nitrogens with zero attached hydrogens (tertiary/aromatic N) is 2. The minimum absolute atomic E-state index is 0.0217. The van der Waals surface area contributed by atoms with Gasteiger partial charge in [0, 0.05) is 18.5 Å². The van der Waals surface area contributed by atoms with Crippen molar-refractivity contribution in [1.29, 1.82) is 0 Å². The van der Waals surface area contributed by atoms with Gasteiger partial charge in [-0.15, -0.1) is 0 Å². The minimum atomic E-state index is -0.0217. The van der Waals surface area contributed by atoms with Crippen LogP contribution in [0.15, 0.2) is 53.6 Å². The number of nitrogens with one attached hydrogen (secondary N) is 1. The lowest BCUT2D eigenvalue weighted by atomic mass is 10.1. The maximum atomic E-state index is 12.3. The van der Waals surface area contributed by atoms with Gasteiger partial charge in [0.25, 0.3) is 0 Å². The van der Waals surface area contributed by atoms with E-state index >= 15 is 0 Å². The molecule has 0 aliphatic carbocycles. The summed E-state index contributed by atoms with van der Waals surface area (Å²) in [6, 6.07) is 15.9. The van der Waals surface area contributed by atoms with Crippen LogP contribution in [0.5, 0.6) is 0 Å². The fourth-order valence-corrected chi connectivity index (χ4v) is 3.62. The Labute approximate surface area is 163 Å². The molecule has 3 rings (SSSR count). The van der Waals surface area contributed by atoms with E-state index in [-0.39, 0.29) is 5.91 Å². The van der Waals surface area contributed by atoms with Gasteiger partial charge in [-0.2, -0.15) is 0 Å². The number of fused-ring (bicyclic) bond motifs is 1. The number of carbonyl (C=O) groups is 1. The number of amides is 1. The van der Waals surface area contributed by atoms with E-state index in [1.54, 1.807) is 0 Å². The molecule has 0 saturated heterocycles. The van der Waals surface area contributed by atoms with E-state index in [0.717, 1.165) is 27.1 Å². The SMILES string of the molecule is CCOCc1ccccc1CNC(=O)CSc1nc(C)nc2ccccc12. The number of ether oxygens (including phenoxy) is 1. The van der Waals surface area contributed by atoms with Crippen LogP contribution in [0.25, 0.3) is 10.9 Å². The van der Waals surface area contributed by atoms with Crippen molar-refractivity contribution in [3.05, 3.63) is 65.5 Å². The van der Waals surface area contributed by atoms with Gasteiger partial charge in [-0.1, -0.05) is 54.2 Å².